The summed E-state index contributed by atoms with van der Waals surface area (Å²) in [6.07, 6.45) is 0. The van der Waals surface area contributed by atoms with Gasteiger partial charge in [0.05, 0.1) is 11.4 Å². The van der Waals surface area contributed by atoms with E-state index in [9.17, 15) is 4.79 Å². The number of hydrogen-bond donors (Lipinski definition) is 4. The van der Waals surface area contributed by atoms with E-state index in [-0.39, 0.29) is 17.5 Å². The molecule has 0 fully saturated rings. The molecule has 2 aromatic carbocycles. The molecule has 1 aromatic heterocycles. The molecule has 0 saturated carbocycles. The lowest BCUT2D eigenvalue weighted by atomic mass is 10.2. The molecule has 1 aliphatic rings. The van der Waals surface area contributed by atoms with Crippen LogP contribution in [0.2, 0.25) is 0 Å². The number of hydrogen-bond acceptors (Lipinski definition) is 5. The van der Waals surface area contributed by atoms with Crippen molar-refractivity contribution in [2.45, 2.75) is 17.6 Å². The minimum Gasteiger partial charge on any atom is -0.486 e. The highest BCUT2D eigenvalue weighted by atomic mass is 32.2. The molecule has 0 aliphatic carbocycles. The van der Waals surface area contributed by atoms with Crippen LogP contribution in [-0.4, -0.2) is 29.1 Å². The molecule has 2 heterocycles. The molecule has 9 heteroatoms. The Morgan fingerprint density at radius 1 is 1.17 bits per heavy atom. The van der Waals surface area contributed by atoms with E-state index in [2.05, 4.69) is 44.5 Å². The van der Waals surface area contributed by atoms with Crippen LogP contribution in [0.5, 0.6) is 11.5 Å². The maximum absolute atomic E-state index is 12.0. The van der Waals surface area contributed by atoms with Gasteiger partial charge in [-0.2, -0.15) is 0 Å². The molecular formula is C21H22N5O3S+. The van der Waals surface area contributed by atoms with Crippen molar-refractivity contribution in [1.29, 1.82) is 0 Å². The fourth-order valence-corrected chi connectivity index (χ4v) is 3.66. The number of nitrogens with two attached hydrogens (primary N) is 1. The van der Waals surface area contributed by atoms with E-state index in [1.54, 1.807) is 17.8 Å². The van der Waals surface area contributed by atoms with Gasteiger partial charge >= 0.3 is 5.95 Å². The molecule has 154 valence electrons. The lowest BCUT2D eigenvalue weighted by Gasteiger charge is -2.18. The van der Waals surface area contributed by atoms with Crippen LogP contribution in [-0.2, 0) is 5.75 Å². The van der Waals surface area contributed by atoms with Gasteiger partial charge in [0.1, 0.15) is 18.9 Å². The number of guanidine groups is 1. The fraction of sp³-hybridized carbons (Fsp3) is 0.190. The molecule has 1 aliphatic heterocycles. The van der Waals surface area contributed by atoms with Crippen LogP contribution >= 0.6 is 11.8 Å². The number of aromatic nitrogens is 2. The number of aryl methyl sites for hydroxylation is 1. The normalized spacial score (nSPS) is 13.2. The SMILES string of the molecule is Cc1ccc(SCc2cc(=O)[nH]c([NH+]=C(N)Nc3ccc4c(c3)OCCO4)n2)cc1. The summed E-state index contributed by atoms with van der Waals surface area (Å²) in [5.74, 6) is 2.41. The van der Waals surface area contributed by atoms with Crippen LogP contribution < -0.4 is 31.1 Å². The number of ether oxygens (including phenoxy) is 2. The second kappa shape index (κ2) is 8.91. The molecular weight excluding hydrogens is 402 g/mol. The first-order valence-corrected chi connectivity index (χ1v) is 10.4. The van der Waals surface area contributed by atoms with Gasteiger partial charge in [0.25, 0.3) is 11.5 Å². The first kappa shape index (κ1) is 19.8. The van der Waals surface area contributed by atoms with Crippen LogP contribution in [0.3, 0.4) is 0 Å². The molecule has 0 atom stereocenters. The highest BCUT2D eigenvalue weighted by molar-refractivity contribution is 7.98. The number of nitrogens with zero attached hydrogens (tertiary/aromatic N) is 1. The van der Waals surface area contributed by atoms with Crippen LogP contribution in [0.4, 0.5) is 11.6 Å². The van der Waals surface area contributed by atoms with Gasteiger partial charge < -0.3 is 15.2 Å². The van der Waals surface area contributed by atoms with Gasteiger partial charge in [0.2, 0.25) is 0 Å². The molecule has 3 aromatic rings. The molecule has 0 spiro atoms. The average molecular weight is 425 g/mol. The standard InChI is InChI=1S/C21H21N5O3S/c1-13-2-5-16(6-3-13)30-12-15-11-19(27)25-21(24-15)26-20(22)23-14-4-7-17-18(10-14)29-9-8-28-17/h2-7,10-11H,8-9,12H2,1H3,(H4,22,23,24,25,26,27)/p+1. The Hall–Kier alpha value is -3.46. The highest BCUT2D eigenvalue weighted by Gasteiger charge is 2.13. The van der Waals surface area contributed by atoms with Gasteiger partial charge in [-0.3, -0.25) is 10.1 Å². The Kier molecular flexibility index (Phi) is 5.89. The number of nitrogens with one attached hydrogen (secondary N) is 3. The maximum Gasteiger partial charge on any atom is 0.325 e. The van der Waals surface area contributed by atoms with E-state index in [0.717, 1.165) is 10.6 Å². The van der Waals surface area contributed by atoms with E-state index in [4.69, 9.17) is 15.2 Å². The summed E-state index contributed by atoms with van der Waals surface area (Å²) in [4.78, 5) is 23.1. The monoisotopic (exact) mass is 424 g/mol. The van der Waals surface area contributed by atoms with Crippen LogP contribution in [0.15, 0.2) is 58.2 Å². The molecule has 0 saturated heterocycles. The number of H-pyrrole nitrogens is 1. The zero-order chi connectivity index (χ0) is 20.9. The topological polar surface area (TPSA) is 116 Å². The number of aromatic amines is 1. The number of fused-ring (bicyclic) bond motifs is 1. The zero-order valence-electron chi connectivity index (χ0n) is 16.4. The van der Waals surface area contributed by atoms with Gasteiger partial charge in [-0.1, -0.05) is 17.7 Å². The Morgan fingerprint density at radius 2 is 1.93 bits per heavy atom. The largest absolute Gasteiger partial charge is 0.486 e. The van der Waals surface area contributed by atoms with Gasteiger partial charge in [0.15, 0.2) is 11.5 Å². The predicted octanol–water partition coefficient (Wildman–Crippen LogP) is 1.28. The number of anilines is 1. The second-order valence-corrected chi connectivity index (χ2v) is 7.76. The van der Waals surface area contributed by atoms with Gasteiger partial charge in [-0.15, -0.1) is 16.7 Å². The number of rotatable bonds is 5. The summed E-state index contributed by atoms with van der Waals surface area (Å²) in [5.41, 5.74) is 8.37. The molecule has 4 rings (SSSR count). The van der Waals surface area contributed by atoms with E-state index < -0.39 is 0 Å². The summed E-state index contributed by atoms with van der Waals surface area (Å²) >= 11 is 1.61. The highest BCUT2D eigenvalue weighted by Crippen LogP contribution is 2.32. The third-order valence-corrected chi connectivity index (χ3v) is 5.32. The van der Waals surface area contributed by atoms with Gasteiger partial charge in [0, 0.05) is 17.0 Å². The third-order valence-electron chi connectivity index (χ3n) is 4.28. The zero-order valence-corrected chi connectivity index (χ0v) is 17.2. The van der Waals surface area contributed by atoms with Crippen LogP contribution in [0, 0.1) is 6.92 Å². The van der Waals surface area contributed by atoms with Crippen molar-refractivity contribution >= 4 is 29.4 Å². The van der Waals surface area contributed by atoms with Crippen molar-refractivity contribution in [3.8, 4) is 11.5 Å². The first-order valence-electron chi connectivity index (χ1n) is 9.41. The van der Waals surface area contributed by atoms with E-state index in [0.29, 0.717) is 36.2 Å². The van der Waals surface area contributed by atoms with Gasteiger partial charge in [-0.25, -0.2) is 9.98 Å². The third kappa shape index (κ3) is 5.12. The van der Waals surface area contributed by atoms with E-state index in [1.165, 1.54) is 11.6 Å². The smallest absolute Gasteiger partial charge is 0.325 e. The van der Waals surface area contributed by atoms with Gasteiger partial charge in [-0.05, 0) is 31.2 Å². The van der Waals surface area contributed by atoms with E-state index in [1.807, 2.05) is 19.1 Å². The summed E-state index contributed by atoms with van der Waals surface area (Å²) in [6.45, 7) is 3.09. The maximum atomic E-state index is 12.0. The second-order valence-electron chi connectivity index (χ2n) is 6.71. The summed E-state index contributed by atoms with van der Waals surface area (Å²) in [7, 11) is 0. The Labute approximate surface area is 177 Å². The number of thioether (sulfide) groups is 1. The fourth-order valence-electron chi connectivity index (χ4n) is 2.87. The van der Waals surface area contributed by atoms with Crippen molar-refractivity contribution in [3.63, 3.8) is 0 Å². The van der Waals surface area contributed by atoms with Crippen molar-refractivity contribution < 1.29 is 14.5 Å². The summed E-state index contributed by atoms with van der Waals surface area (Å²) < 4.78 is 11.1. The quantitative estimate of drug-likeness (QED) is 0.277. The average Bonchev–Trinajstić information content (AvgIpc) is 2.73. The van der Waals surface area contributed by atoms with Crippen molar-refractivity contribution in [2.75, 3.05) is 18.5 Å². The molecule has 0 bridgehead atoms. The van der Waals surface area contributed by atoms with Crippen molar-refractivity contribution in [1.82, 2.24) is 9.97 Å². The van der Waals surface area contributed by atoms with Crippen molar-refractivity contribution in [3.05, 3.63) is 70.1 Å². The van der Waals surface area contributed by atoms with Crippen molar-refractivity contribution in [2.24, 2.45) is 5.73 Å². The minimum atomic E-state index is -0.251. The first-order chi connectivity index (χ1) is 14.5. The molecule has 0 unspecified atom stereocenters. The summed E-state index contributed by atoms with van der Waals surface area (Å²) in [6, 6.07) is 15.1. The predicted molar refractivity (Wildman–Crippen MR) is 116 cm³/mol. The Balaban J connectivity index is 1.45. The lowest BCUT2D eigenvalue weighted by molar-refractivity contribution is -0.365. The number of benzene rings is 2. The molecule has 0 amide bonds. The lowest BCUT2D eigenvalue weighted by Crippen LogP contribution is -2.73. The minimum absolute atomic E-state index is 0.221. The Bertz CT molecular complexity index is 1130. The summed E-state index contributed by atoms with van der Waals surface area (Å²) in [5, 5.41) is 3.02. The van der Waals surface area contributed by atoms with E-state index >= 15 is 0 Å². The van der Waals surface area contributed by atoms with Crippen LogP contribution in [0.1, 0.15) is 11.3 Å². The molecule has 8 nitrogen and oxygen atoms in total. The molecule has 5 N–H and O–H groups in total. The molecule has 0 radical (unpaired) electrons. The molecule has 30 heavy (non-hydrogen) atoms. The Morgan fingerprint density at radius 3 is 2.73 bits per heavy atom. The van der Waals surface area contributed by atoms with Crippen LogP contribution in [0.25, 0.3) is 0 Å².